The molecule has 0 fully saturated rings. The van der Waals surface area contributed by atoms with Gasteiger partial charge in [0.1, 0.15) is 0 Å². The van der Waals surface area contributed by atoms with Crippen molar-refractivity contribution in [2.24, 2.45) is 0 Å². The molecule has 1 aromatic rings. The molecule has 1 aromatic heterocycles. The average Bonchev–Trinajstić information content (AvgIpc) is 2.14. The maximum atomic E-state index is 9.79. The third kappa shape index (κ3) is 0.716. The van der Waals surface area contributed by atoms with Crippen molar-refractivity contribution in [3.05, 3.63) is 6.33 Å². The number of tetrazole rings is 1. The van der Waals surface area contributed by atoms with Gasteiger partial charge in [0.2, 0.25) is 0 Å². The fraction of sp³-hybridized carbons (Fsp3) is 0.500. The first-order valence-corrected chi connectivity index (χ1v) is 1.72. The molecule has 1 radical (unpaired) electrons. The third-order valence-corrected chi connectivity index (χ3v) is 0.507. The predicted molar refractivity (Wildman–Crippen MR) is 18.5 cm³/mol. The van der Waals surface area contributed by atoms with E-state index in [4.69, 9.17) is 0 Å². The van der Waals surface area contributed by atoms with Gasteiger partial charge in [0.05, 0.1) is 0 Å². The molecule has 0 saturated carbocycles. The lowest BCUT2D eigenvalue weighted by Gasteiger charge is -1.79. The van der Waals surface area contributed by atoms with Gasteiger partial charge in [-0.05, 0) is 5.21 Å². The van der Waals surface area contributed by atoms with Gasteiger partial charge in [0.15, 0.2) is 13.1 Å². The first-order valence-electron chi connectivity index (χ1n) is 1.72. The van der Waals surface area contributed by atoms with E-state index in [2.05, 4.69) is 15.4 Å². The van der Waals surface area contributed by atoms with Crippen molar-refractivity contribution in [2.75, 3.05) is 0 Å². The van der Waals surface area contributed by atoms with Crippen LogP contribution in [-0.4, -0.2) is 20.2 Å². The molecular formula is C2H3N4O. The van der Waals surface area contributed by atoms with E-state index >= 15 is 0 Å². The SMILES string of the molecule is [O]Cn1ncnn1. The van der Waals surface area contributed by atoms with Crippen molar-refractivity contribution in [1.82, 2.24) is 20.2 Å². The van der Waals surface area contributed by atoms with Gasteiger partial charge in [-0.2, -0.15) is 0 Å². The van der Waals surface area contributed by atoms with Crippen LogP contribution in [0.1, 0.15) is 0 Å². The van der Waals surface area contributed by atoms with Gasteiger partial charge in [-0.25, -0.2) is 5.11 Å². The zero-order valence-electron chi connectivity index (χ0n) is 3.48. The second kappa shape index (κ2) is 1.65. The molecule has 7 heavy (non-hydrogen) atoms. The van der Waals surface area contributed by atoms with Crippen LogP contribution in [0.3, 0.4) is 0 Å². The second-order valence-electron chi connectivity index (χ2n) is 0.937. The molecule has 0 saturated heterocycles. The molecule has 0 aliphatic rings. The number of aromatic nitrogens is 4. The van der Waals surface area contributed by atoms with Crippen molar-refractivity contribution in [1.29, 1.82) is 0 Å². The summed E-state index contributed by atoms with van der Waals surface area (Å²) in [6, 6.07) is 0. The van der Waals surface area contributed by atoms with E-state index in [1.165, 1.54) is 6.33 Å². The van der Waals surface area contributed by atoms with Crippen LogP contribution < -0.4 is 0 Å². The molecule has 37 valence electrons. The third-order valence-electron chi connectivity index (χ3n) is 0.507. The molecule has 0 amide bonds. The molecule has 5 heteroatoms. The highest BCUT2D eigenvalue weighted by atomic mass is 16.3. The Morgan fingerprint density at radius 1 is 1.71 bits per heavy atom. The van der Waals surface area contributed by atoms with E-state index in [1.54, 1.807) is 0 Å². The summed E-state index contributed by atoms with van der Waals surface area (Å²) < 4.78 is 0. The average molecular weight is 99.1 g/mol. The molecule has 0 aromatic carbocycles. The van der Waals surface area contributed by atoms with Crippen molar-refractivity contribution in [3.63, 3.8) is 0 Å². The number of hydrogen-bond acceptors (Lipinski definition) is 3. The lowest BCUT2D eigenvalue weighted by molar-refractivity contribution is 0.0936. The molecule has 0 N–H and O–H groups in total. The Morgan fingerprint density at radius 3 is 2.86 bits per heavy atom. The standard InChI is InChI=1S/C2H3N4O/c7-2-6-4-1-3-5-6/h1H,2H2. The molecule has 5 nitrogen and oxygen atoms in total. The topological polar surface area (TPSA) is 63.5 Å². The molecule has 0 aliphatic carbocycles. The van der Waals surface area contributed by atoms with Gasteiger partial charge in [-0.1, -0.05) is 0 Å². The minimum absolute atomic E-state index is 0.458. The maximum absolute atomic E-state index is 9.79. The van der Waals surface area contributed by atoms with Crippen LogP contribution in [0.2, 0.25) is 0 Å². The van der Waals surface area contributed by atoms with Crippen molar-refractivity contribution >= 4 is 0 Å². The molecule has 0 bridgehead atoms. The summed E-state index contributed by atoms with van der Waals surface area (Å²) in [5.41, 5.74) is 0. The van der Waals surface area contributed by atoms with E-state index < -0.39 is 6.73 Å². The zero-order chi connectivity index (χ0) is 5.11. The lowest BCUT2D eigenvalue weighted by atomic mass is 11.3. The Balaban J connectivity index is 2.76. The highest BCUT2D eigenvalue weighted by Crippen LogP contribution is 1.65. The molecule has 0 spiro atoms. The van der Waals surface area contributed by atoms with Crippen LogP contribution in [0.15, 0.2) is 6.33 Å². The second-order valence-corrected chi connectivity index (χ2v) is 0.937. The quantitative estimate of drug-likeness (QED) is 0.456. The molecule has 1 rings (SSSR count). The smallest absolute Gasteiger partial charge is 0.195 e. The van der Waals surface area contributed by atoms with E-state index in [9.17, 15) is 5.11 Å². The lowest BCUT2D eigenvalue weighted by Crippen LogP contribution is -1.98. The fourth-order valence-corrected chi connectivity index (χ4v) is 0.248. The van der Waals surface area contributed by atoms with Gasteiger partial charge < -0.3 is 0 Å². The van der Waals surface area contributed by atoms with Crippen LogP contribution >= 0.6 is 0 Å². The van der Waals surface area contributed by atoms with Crippen molar-refractivity contribution < 1.29 is 5.11 Å². The van der Waals surface area contributed by atoms with Crippen LogP contribution in [0.5, 0.6) is 0 Å². The molecule has 1 heterocycles. The number of hydrogen-bond donors (Lipinski definition) is 0. The van der Waals surface area contributed by atoms with Crippen LogP contribution in [-0.2, 0) is 11.8 Å². The minimum Gasteiger partial charge on any atom is -0.209 e. The Morgan fingerprint density at radius 2 is 2.57 bits per heavy atom. The zero-order valence-corrected chi connectivity index (χ0v) is 3.48. The summed E-state index contributed by atoms with van der Waals surface area (Å²) in [7, 11) is 0. The minimum atomic E-state index is -0.458. The first-order chi connectivity index (χ1) is 3.43. The van der Waals surface area contributed by atoms with Gasteiger partial charge in [-0.3, -0.25) is 0 Å². The fourth-order valence-electron chi connectivity index (χ4n) is 0.248. The summed E-state index contributed by atoms with van der Waals surface area (Å²) >= 11 is 0. The van der Waals surface area contributed by atoms with E-state index in [-0.39, 0.29) is 0 Å². The van der Waals surface area contributed by atoms with Crippen molar-refractivity contribution in [2.45, 2.75) is 6.73 Å². The normalized spacial score (nSPS) is 9.29. The highest BCUT2D eigenvalue weighted by Gasteiger charge is 1.83. The Hall–Kier alpha value is -0.970. The first kappa shape index (κ1) is 4.20. The predicted octanol–water partition coefficient (Wildman–Crippen LogP) is -0.939. The summed E-state index contributed by atoms with van der Waals surface area (Å²) in [6.07, 6.45) is 1.22. The van der Waals surface area contributed by atoms with Gasteiger partial charge in [0, 0.05) is 0 Å². The van der Waals surface area contributed by atoms with E-state index in [0.717, 1.165) is 4.80 Å². The number of nitrogens with zero attached hydrogens (tertiary/aromatic N) is 4. The largest absolute Gasteiger partial charge is 0.209 e. The molecule has 0 aliphatic heterocycles. The monoisotopic (exact) mass is 99.0 g/mol. The molecule has 0 atom stereocenters. The summed E-state index contributed by atoms with van der Waals surface area (Å²) in [5, 5.41) is 19.8. The summed E-state index contributed by atoms with van der Waals surface area (Å²) in [6.45, 7) is -0.458. The Labute approximate surface area is 39.6 Å². The summed E-state index contributed by atoms with van der Waals surface area (Å²) in [5.74, 6) is 0. The Bertz CT molecular complexity index is 124. The van der Waals surface area contributed by atoms with E-state index in [1.807, 2.05) is 0 Å². The van der Waals surface area contributed by atoms with Crippen LogP contribution in [0.4, 0.5) is 0 Å². The van der Waals surface area contributed by atoms with Crippen LogP contribution in [0, 0.1) is 0 Å². The van der Waals surface area contributed by atoms with E-state index in [0.29, 0.717) is 0 Å². The Kier molecular flexibility index (Phi) is 0.991. The van der Waals surface area contributed by atoms with Gasteiger partial charge in [0.25, 0.3) is 0 Å². The highest BCUT2D eigenvalue weighted by molar-refractivity contribution is 4.31. The molecular weight excluding hydrogens is 96.0 g/mol. The maximum Gasteiger partial charge on any atom is 0.195 e. The number of rotatable bonds is 1. The van der Waals surface area contributed by atoms with Gasteiger partial charge >= 0.3 is 0 Å². The van der Waals surface area contributed by atoms with Gasteiger partial charge in [-0.15, -0.1) is 15.0 Å². The summed E-state index contributed by atoms with van der Waals surface area (Å²) in [4.78, 5) is 0.958. The molecule has 0 unspecified atom stereocenters. The van der Waals surface area contributed by atoms with Crippen molar-refractivity contribution in [3.8, 4) is 0 Å². The van der Waals surface area contributed by atoms with Crippen LogP contribution in [0.25, 0.3) is 0 Å².